The van der Waals surface area contributed by atoms with Crippen molar-refractivity contribution in [2.24, 2.45) is 0 Å². The third-order valence-corrected chi connectivity index (χ3v) is 6.81. The number of nitrogens with one attached hydrogen (secondary N) is 1. The number of alkyl halides is 3. The average Bonchev–Trinajstić information content (AvgIpc) is 3.58. The highest BCUT2D eigenvalue weighted by Gasteiger charge is 2.31. The Labute approximate surface area is 217 Å². The molecule has 1 saturated heterocycles. The van der Waals surface area contributed by atoms with Gasteiger partial charge in [0.2, 0.25) is 0 Å². The van der Waals surface area contributed by atoms with Crippen molar-refractivity contribution in [3.8, 4) is 22.4 Å². The van der Waals surface area contributed by atoms with Gasteiger partial charge in [-0.05, 0) is 41.7 Å². The topological polar surface area (TPSA) is 73.4 Å². The van der Waals surface area contributed by atoms with Crippen molar-refractivity contribution in [1.82, 2.24) is 4.98 Å². The monoisotopic (exact) mass is 518 g/mol. The van der Waals surface area contributed by atoms with Crippen LogP contribution in [0.4, 0.5) is 18.9 Å². The highest BCUT2D eigenvalue weighted by molar-refractivity contribution is 6.17. The average molecular weight is 519 g/mol. The van der Waals surface area contributed by atoms with Crippen LogP contribution < -0.4 is 4.90 Å². The first-order valence-corrected chi connectivity index (χ1v) is 12.3. The third-order valence-electron chi connectivity index (χ3n) is 6.81. The maximum atomic E-state index is 14.0. The number of carboxylic acid groups (broad SMARTS) is 1. The van der Waals surface area contributed by atoms with E-state index >= 15 is 0 Å². The van der Waals surface area contributed by atoms with Crippen LogP contribution >= 0.6 is 0 Å². The van der Waals surface area contributed by atoms with Gasteiger partial charge >= 0.3 is 12.1 Å². The number of nitrogens with zero attached hydrogens (tertiary/aromatic N) is 1. The Hall–Kier alpha value is -4.33. The summed E-state index contributed by atoms with van der Waals surface area (Å²) >= 11 is 0. The number of hydrogen-bond acceptors (Lipinski definition) is 3. The molecular formula is C30H25F3N2O3. The molecule has 5 nitrogen and oxygen atoms in total. The summed E-state index contributed by atoms with van der Waals surface area (Å²) in [4.78, 5) is 30.5. The molecule has 0 bridgehead atoms. The quantitative estimate of drug-likeness (QED) is 0.263. The smallest absolute Gasteiger partial charge is 0.416 e. The number of aliphatic carboxylic acids is 1. The number of halogens is 3. The molecule has 1 aliphatic rings. The van der Waals surface area contributed by atoms with Crippen molar-refractivity contribution in [3.63, 3.8) is 0 Å². The van der Waals surface area contributed by atoms with E-state index in [1.165, 1.54) is 12.1 Å². The predicted octanol–water partition coefficient (Wildman–Crippen LogP) is 6.83. The van der Waals surface area contributed by atoms with Crippen molar-refractivity contribution in [2.75, 3.05) is 18.0 Å². The van der Waals surface area contributed by atoms with Gasteiger partial charge in [0, 0.05) is 30.4 Å². The highest BCUT2D eigenvalue weighted by Crippen LogP contribution is 2.38. The van der Waals surface area contributed by atoms with Gasteiger partial charge in [-0.1, -0.05) is 60.7 Å². The van der Waals surface area contributed by atoms with Crippen LogP contribution in [0.2, 0.25) is 0 Å². The Balaban J connectivity index is 1.55. The Morgan fingerprint density at radius 3 is 2.11 bits per heavy atom. The van der Waals surface area contributed by atoms with Crippen LogP contribution in [0, 0.1) is 0 Å². The molecule has 2 heterocycles. The lowest BCUT2D eigenvalue weighted by Gasteiger charge is -2.21. The van der Waals surface area contributed by atoms with Crippen molar-refractivity contribution < 1.29 is 27.9 Å². The standard InChI is InChI=1S/C30H25F3N2O3/c31-30(32,33)22-13-11-20(12-14-22)23-5-1-2-6-24(23)29(38)25-18-34-27(28(25)35-15-3-4-16-35)21-9-7-19(8-10-21)17-26(36)37/h1-2,5-14,18,34H,3-4,15-17H2,(H,36,37). The van der Waals surface area contributed by atoms with Crippen LogP contribution in [-0.4, -0.2) is 34.9 Å². The summed E-state index contributed by atoms with van der Waals surface area (Å²) in [5, 5.41) is 9.07. The zero-order chi connectivity index (χ0) is 26.9. The number of carbonyl (C=O) groups is 2. The van der Waals surface area contributed by atoms with Gasteiger partial charge in [-0.2, -0.15) is 13.2 Å². The second kappa shape index (κ2) is 10.2. The van der Waals surface area contributed by atoms with E-state index in [1.54, 1.807) is 42.6 Å². The largest absolute Gasteiger partial charge is 0.481 e. The molecule has 2 N–H and O–H groups in total. The Kier molecular flexibility index (Phi) is 6.80. The fourth-order valence-electron chi connectivity index (χ4n) is 4.96. The summed E-state index contributed by atoms with van der Waals surface area (Å²) < 4.78 is 39.2. The highest BCUT2D eigenvalue weighted by atomic mass is 19.4. The van der Waals surface area contributed by atoms with E-state index in [2.05, 4.69) is 9.88 Å². The molecule has 1 fully saturated rings. The summed E-state index contributed by atoms with van der Waals surface area (Å²) in [5.41, 5.74) is 4.27. The predicted molar refractivity (Wildman–Crippen MR) is 139 cm³/mol. The number of aromatic amines is 1. The first-order chi connectivity index (χ1) is 18.2. The van der Waals surface area contributed by atoms with Gasteiger partial charge in [0.1, 0.15) is 0 Å². The molecule has 8 heteroatoms. The molecule has 1 aromatic heterocycles. The summed E-state index contributed by atoms with van der Waals surface area (Å²) in [6.07, 6.45) is -0.837. The number of anilines is 1. The lowest BCUT2D eigenvalue weighted by Crippen LogP contribution is -2.20. The van der Waals surface area contributed by atoms with Crippen LogP contribution in [-0.2, 0) is 17.4 Å². The van der Waals surface area contributed by atoms with Crippen LogP contribution in [0.3, 0.4) is 0 Å². The lowest BCUT2D eigenvalue weighted by atomic mass is 9.93. The zero-order valence-electron chi connectivity index (χ0n) is 20.4. The molecule has 0 amide bonds. The molecule has 0 atom stereocenters. The Morgan fingerprint density at radius 2 is 1.47 bits per heavy atom. The van der Waals surface area contributed by atoms with Crippen LogP contribution in [0.5, 0.6) is 0 Å². The molecule has 5 rings (SSSR count). The summed E-state index contributed by atoms with van der Waals surface area (Å²) in [6, 6.07) is 19.0. The summed E-state index contributed by atoms with van der Waals surface area (Å²) in [7, 11) is 0. The molecular weight excluding hydrogens is 493 g/mol. The maximum Gasteiger partial charge on any atom is 0.416 e. The molecule has 194 valence electrons. The van der Waals surface area contributed by atoms with Gasteiger partial charge in [-0.3, -0.25) is 9.59 Å². The van der Waals surface area contributed by atoms with Gasteiger partial charge < -0.3 is 15.0 Å². The molecule has 3 aromatic carbocycles. The SMILES string of the molecule is O=C(O)Cc1ccc(-c2[nH]cc(C(=O)c3ccccc3-c3ccc(C(F)(F)F)cc3)c2N2CCCC2)cc1. The molecule has 1 aliphatic heterocycles. The first kappa shape index (κ1) is 25.3. The number of hydrogen-bond donors (Lipinski definition) is 2. The van der Waals surface area contributed by atoms with Gasteiger partial charge in [-0.25, -0.2) is 0 Å². The van der Waals surface area contributed by atoms with E-state index in [-0.39, 0.29) is 12.2 Å². The Bertz CT molecular complexity index is 1470. The molecule has 0 saturated carbocycles. The second-order valence-electron chi connectivity index (χ2n) is 9.34. The van der Waals surface area contributed by atoms with Gasteiger partial charge in [-0.15, -0.1) is 0 Å². The minimum Gasteiger partial charge on any atom is -0.481 e. The van der Waals surface area contributed by atoms with E-state index in [0.29, 0.717) is 27.8 Å². The number of rotatable bonds is 7. The fraction of sp³-hybridized carbons (Fsp3) is 0.200. The number of aromatic nitrogens is 1. The Morgan fingerprint density at radius 1 is 0.842 bits per heavy atom. The van der Waals surface area contributed by atoms with Crippen LogP contribution in [0.1, 0.15) is 39.9 Å². The van der Waals surface area contributed by atoms with Crippen molar-refractivity contribution in [3.05, 3.63) is 101 Å². The van der Waals surface area contributed by atoms with Crippen molar-refractivity contribution >= 4 is 17.4 Å². The van der Waals surface area contributed by atoms with Gasteiger partial charge in [0.05, 0.1) is 28.9 Å². The van der Waals surface area contributed by atoms with E-state index in [1.807, 2.05) is 12.1 Å². The molecule has 0 aliphatic carbocycles. The minimum absolute atomic E-state index is 0.0749. The number of benzene rings is 3. The van der Waals surface area contributed by atoms with E-state index in [9.17, 15) is 22.8 Å². The van der Waals surface area contributed by atoms with E-state index < -0.39 is 17.7 Å². The molecule has 0 spiro atoms. The number of carbonyl (C=O) groups excluding carboxylic acids is 1. The fourth-order valence-corrected chi connectivity index (χ4v) is 4.96. The summed E-state index contributed by atoms with van der Waals surface area (Å²) in [5.74, 6) is -1.14. The molecule has 38 heavy (non-hydrogen) atoms. The first-order valence-electron chi connectivity index (χ1n) is 12.3. The number of H-pyrrole nitrogens is 1. The van der Waals surface area contributed by atoms with Crippen molar-refractivity contribution in [1.29, 1.82) is 0 Å². The van der Waals surface area contributed by atoms with Crippen LogP contribution in [0.25, 0.3) is 22.4 Å². The lowest BCUT2D eigenvalue weighted by molar-refractivity contribution is -0.138. The van der Waals surface area contributed by atoms with Crippen LogP contribution in [0.15, 0.2) is 79.0 Å². The minimum atomic E-state index is -4.44. The number of ketones is 1. The van der Waals surface area contributed by atoms with E-state index in [0.717, 1.165) is 55.0 Å². The van der Waals surface area contributed by atoms with Gasteiger partial charge in [0.15, 0.2) is 5.78 Å². The summed E-state index contributed by atoms with van der Waals surface area (Å²) in [6.45, 7) is 1.59. The van der Waals surface area contributed by atoms with Crippen molar-refractivity contribution in [2.45, 2.75) is 25.4 Å². The number of carboxylic acids is 1. The third kappa shape index (κ3) is 5.07. The van der Waals surface area contributed by atoms with E-state index in [4.69, 9.17) is 5.11 Å². The zero-order valence-corrected chi connectivity index (χ0v) is 20.4. The normalized spacial score (nSPS) is 13.6. The maximum absolute atomic E-state index is 14.0. The van der Waals surface area contributed by atoms with Gasteiger partial charge in [0.25, 0.3) is 0 Å². The second-order valence-corrected chi connectivity index (χ2v) is 9.34. The molecule has 4 aromatic rings. The molecule has 0 unspecified atom stereocenters. The molecule has 0 radical (unpaired) electrons.